The van der Waals surface area contributed by atoms with E-state index in [0.29, 0.717) is 6.42 Å². The number of carbonyl (C=O) groups is 1. The Morgan fingerprint density at radius 3 is 2.14 bits per heavy atom. The molecule has 8 heteroatoms. The van der Waals surface area contributed by atoms with Gasteiger partial charge in [0.2, 0.25) is 0 Å². The maximum Gasteiger partial charge on any atom is 0.407 e. The highest BCUT2D eigenvalue weighted by atomic mass is 19.4. The summed E-state index contributed by atoms with van der Waals surface area (Å²) in [6.07, 6.45) is -1.11. The highest BCUT2D eigenvalue weighted by Gasteiger charge is 2.42. The predicted molar refractivity (Wildman–Crippen MR) is 139 cm³/mol. The minimum atomic E-state index is -4.56. The van der Waals surface area contributed by atoms with Gasteiger partial charge in [-0.15, -0.1) is 0 Å². The minimum Gasteiger partial charge on any atom is -0.369 e. The number of hydrogen-bond acceptors (Lipinski definition) is 5. The second kappa shape index (κ2) is 12.1. The first-order chi connectivity index (χ1) is 17.8. The molecule has 1 saturated heterocycles. The summed E-state index contributed by atoms with van der Waals surface area (Å²) >= 11 is 0. The lowest BCUT2D eigenvalue weighted by atomic mass is 9.97. The van der Waals surface area contributed by atoms with E-state index in [1.54, 1.807) is 12.1 Å². The molecule has 1 aliphatic carbocycles. The summed E-state index contributed by atoms with van der Waals surface area (Å²) in [5.41, 5.74) is 3.01. The van der Waals surface area contributed by atoms with E-state index in [1.165, 1.54) is 30.7 Å². The van der Waals surface area contributed by atoms with Gasteiger partial charge in [0.25, 0.3) is 0 Å². The van der Waals surface area contributed by atoms with Crippen LogP contribution < -0.4 is 10.2 Å². The number of carbonyl (C=O) groups excluding carboxylic acids is 1. The van der Waals surface area contributed by atoms with Gasteiger partial charge in [-0.2, -0.15) is 18.4 Å². The molecule has 2 aromatic carbocycles. The number of nitrogens with one attached hydrogen (secondary N) is 1. The summed E-state index contributed by atoms with van der Waals surface area (Å²) in [4.78, 5) is 17.4. The van der Waals surface area contributed by atoms with Gasteiger partial charge in [0.05, 0.1) is 12.1 Å². The average Bonchev–Trinajstić information content (AvgIpc) is 3.75. The zero-order valence-electron chi connectivity index (χ0n) is 21.3. The largest absolute Gasteiger partial charge is 0.407 e. The molecule has 37 heavy (non-hydrogen) atoms. The van der Waals surface area contributed by atoms with Gasteiger partial charge in [-0.1, -0.05) is 49.7 Å². The standard InChI is InChI=1S/C29H35F3N4O/c1-2-4-26(27(37)5-3-16-33)34-28(29(30,31)32)23-8-6-21(7-9-23)22-10-12-24(13-11-22)35-17-19-36(20-18-35)25-14-15-25/h6-13,25-26,28,34H,2-5,14-15,17-20H2,1H3/t26-,28?/m0/s1. The lowest BCUT2D eigenvalue weighted by Gasteiger charge is -2.36. The molecule has 4 rings (SSSR count). The Hall–Kier alpha value is -2.89. The third kappa shape index (κ3) is 7.12. The Morgan fingerprint density at radius 2 is 1.62 bits per heavy atom. The van der Waals surface area contributed by atoms with Crippen LogP contribution >= 0.6 is 0 Å². The Balaban J connectivity index is 1.43. The van der Waals surface area contributed by atoms with Crippen molar-refractivity contribution in [2.75, 3.05) is 31.1 Å². The molecule has 1 heterocycles. The van der Waals surface area contributed by atoms with Gasteiger partial charge in [-0.25, -0.2) is 0 Å². The number of alkyl halides is 3. The normalized spacial score (nSPS) is 18.3. The molecule has 1 saturated carbocycles. The third-order valence-electron chi connectivity index (χ3n) is 7.33. The Labute approximate surface area is 217 Å². The SMILES string of the molecule is CCC[C@H](NC(c1ccc(-c2ccc(N3CCN(C4CC4)CC3)cc2)cc1)C(F)(F)F)C(=O)CCC#N. The number of halogens is 3. The van der Waals surface area contributed by atoms with Gasteiger partial charge in [0.1, 0.15) is 6.04 Å². The maximum atomic E-state index is 14.0. The monoisotopic (exact) mass is 512 g/mol. The Morgan fingerprint density at radius 1 is 1.03 bits per heavy atom. The van der Waals surface area contributed by atoms with Crippen molar-refractivity contribution < 1.29 is 18.0 Å². The smallest absolute Gasteiger partial charge is 0.369 e. The summed E-state index contributed by atoms with van der Waals surface area (Å²) in [5, 5.41) is 11.3. The summed E-state index contributed by atoms with van der Waals surface area (Å²) in [7, 11) is 0. The van der Waals surface area contributed by atoms with E-state index >= 15 is 0 Å². The molecule has 1 unspecified atom stereocenters. The van der Waals surface area contributed by atoms with Gasteiger partial charge in [-0.3, -0.25) is 15.0 Å². The zero-order valence-corrected chi connectivity index (χ0v) is 21.3. The van der Waals surface area contributed by atoms with Crippen LogP contribution in [0, 0.1) is 11.3 Å². The molecule has 0 aromatic heterocycles. The predicted octanol–water partition coefficient (Wildman–Crippen LogP) is 5.87. The van der Waals surface area contributed by atoms with Crippen LogP contribution in [-0.2, 0) is 4.79 Å². The molecule has 2 atom stereocenters. The number of benzene rings is 2. The molecule has 2 aliphatic rings. The third-order valence-corrected chi connectivity index (χ3v) is 7.33. The van der Waals surface area contributed by atoms with E-state index in [9.17, 15) is 18.0 Å². The number of piperazine rings is 1. The first-order valence-corrected chi connectivity index (χ1v) is 13.2. The van der Waals surface area contributed by atoms with Crippen molar-refractivity contribution in [2.45, 2.75) is 69.8 Å². The van der Waals surface area contributed by atoms with Crippen molar-refractivity contribution in [3.05, 3.63) is 54.1 Å². The van der Waals surface area contributed by atoms with E-state index < -0.39 is 18.3 Å². The van der Waals surface area contributed by atoms with E-state index in [0.717, 1.165) is 43.3 Å². The number of hydrogen-bond donors (Lipinski definition) is 1. The van der Waals surface area contributed by atoms with Crippen LogP contribution in [0.25, 0.3) is 11.1 Å². The van der Waals surface area contributed by atoms with Crippen molar-refractivity contribution in [1.82, 2.24) is 10.2 Å². The van der Waals surface area contributed by atoms with Gasteiger partial charge in [0.15, 0.2) is 5.78 Å². The molecule has 5 nitrogen and oxygen atoms in total. The summed E-state index contributed by atoms with van der Waals surface area (Å²) < 4.78 is 42.0. The fourth-order valence-electron chi connectivity index (χ4n) is 5.08. The van der Waals surface area contributed by atoms with Crippen LogP contribution in [-0.4, -0.2) is 55.1 Å². The van der Waals surface area contributed by atoms with Gasteiger partial charge in [-0.05, 0) is 48.1 Å². The number of Topliss-reactive ketones (excluding diaryl/α,β-unsaturated/α-hetero) is 1. The molecular formula is C29H35F3N4O. The van der Waals surface area contributed by atoms with Crippen molar-refractivity contribution in [3.8, 4) is 17.2 Å². The fourth-order valence-corrected chi connectivity index (χ4v) is 5.08. The van der Waals surface area contributed by atoms with Crippen molar-refractivity contribution in [1.29, 1.82) is 5.26 Å². The molecule has 2 aromatic rings. The molecule has 0 radical (unpaired) electrons. The highest BCUT2D eigenvalue weighted by molar-refractivity contribution is 5.84. The zero-order chi connectivity index (χ0) is 26.4. The van der Waals surface area contributed by atoms with Crippen molar-refractivity contribution in [3.63, 3.8) is 0 Å². The van der Waals surface area contributed by atoms with E-state index in [4.69, 9.17) is 5.26 Å². The number of nitriles is 1. The van der Waals surface area contributed by atoms with Crippen molar-refractivity contribution in [2.24, 2.45) is 0 Å². The van der Waals surface area contributed by atoms with Crippen LogP contribution in [0.3, 0.4) is 0 Å². The van der Waals surface area contributed by atoms with E-state index in [2.05, 4.69) is 27.2 Å². The van der Waals surface area contributed by atoms with Crippen molar-refractivity contribution >= 4 is 11.5 Å². The maximum absolute atomic E-state index is 14.0. The number of ketones is 1. The lowest BCUT2D eigenvalue weighted by molar-refractivity contribution is -0.160. The first kappa shape index (κ1) is 27.2. The topological polar surface area (TPSA) is 59.4 Å². The Bertz CT molecular complexity index is 1070. The second-order valence-corrected chi connectivity index (χ2v) is 10.0. The molecule has 198 valence electrons. The first-order valence-electron chi connectivity index (χ1n) is 13.2. The summed E-state index contributed by atoms with van der Waals surface area (Å²) in [6.45, 7) is 6.02. The number of nitrogens with zero attached hydrogens (tertiary/aromatic N) is 3. The van der Waals surface area contributed by atoms with Gasteiger partial charge in [0, 0.05) is 50.7 Å². The average molecular weight is 513 g/mol. The quantitative estimate of drug-likeness (QED) is 0.408. The molecule has 0 bridgehead atoms. The van der Waals surface area contributed by atoms with Gasteiger partial charge < -0.3 is 4.90 Å². The van der Waals surface area contributed by atoms with Crippen LogP contribution in [0.5, 0.6) is 0 Å². The van der Waals surface area contributed by atoms with Crippen LogP contribution in [0.15, 0.2) is 48.5 Å². The molecule has 1 N–H and O–H groups in total. The molecule has 0 amide bonds. The molecular weight excluding hydrogens is 477 g/mol. The van der Waals surface area contributed by atoms with Crippen LogP contribution in [0.1, 0.15) is 57.1 Å². The highest BCUT2D eigenvalue weighted by Crippen LogP contribution is 2.35. The lowest BCUT2D eigenvalue weighted by Crippen LogP contribution is -2.47. The van der Waals surface area contributed by atoms with Gasteiger partial charge >= 0.3 is 6.18 Å². The summed E-state index contributed by atoms with van der Waals surface area (Å²) in [5.74, 6) is -0.358. The molecule has 2 fully saturated rings. The van der Waals surface area contributed by atoms with E-state index in [-0.39, 0.29) is 30.6 Å². The minimum absolute atomic E-state index is 0.00156. The molecule has 1 aliphatic heterocycles. The van der Waals surface area contributed by atoms with Crippen LogP contribution in [0.2, 0.25) is 0 Å². The number of anilines is 1. The van der Waals surface area contributed by atoms with Crippen LogP contribution in [0.4, 0.5) is 18.9 Å². The fraction of sp³-hybridized carbons (Fsp3) is 0.517. The molecule has 0 spiro atoms. The Kier molecular flexibility index (Phi) is 8.88. The van der Waals surface area contributed by atoms with E-state index in [1.807, 2.05) is 25.1 Å². The summed E-state index contributed by atoms with van der Waals surface area (Å²) in [6, 6.07) is 14.3. The number of rotatable bonds is 11. The second-order valence-electron chi connectivity index (χ2n) is 10.0.